The lowest BCUT2D eigenvalue weighted by Gasteiger charge is -2.21. The van der Waals surface area contributed by atoms with Gasteiger partial charge in [-0.3, -0.25) is 9.59 Å². The maximum atomic E-state index is 13.1. The van der Waals surface area contributed by atoms with Crippen molar-refractivity contribution in [2.24, 2.45) is 0 Å². The Balaban J connectivity index is 1.75. The minimum Gasteiger partial charge on any atom is -0.497 e. The Kier molecular flexibility index (Phi) is 7.67. The second-order valence-electron chi connectivity index (χ2n) is 7.07. The second kappa shape index (κ2) is 10.6. The van der Waals surface area contributed by atoms with E-state index in [1.165, 1.54) is 19.1 Å². The van der Waals surface area contributed by atoms with Crippen molar-refractivity contribution in [3.05, 3.63) is 48.5 Å². The molecule has 9 nitrogen and oxygen atoms in total. The van der Waals surface area contributed by atoms with Crippen LogP contribution in [0.2, 0.25) is 0 Å². The van der Waals surface area contributed by atoms with Crippen molar-refractivity contribution < 1.29 is 28.6 Å². The first-order chi connectivity index (χ1) is 15.5. The van der Waals surface area contributed by atoms with Crippen LogP contribution < -0.4 is 19.7 Å². The number of benzene rings is 2. The van der Waals surface area contributed by atoms with Gasteiger partial charge in [0.2, 0.25) is 5.91 Å². The van der Waals surface area contributed by atoms with Crippen molar-refractivity contribution in [1.29, 1.82) is 0 Å². The second-order valence-corrected chi connectivity index (χ2v) is 7.07. The third-order valence-corrected chi connectivity index (χ3v) is 5.01. The molecule has 1 aliphatic rings. The summed E-state index contributed by atoms with van der Waals surface area (Å²) in [5.74, 6) is 0.468. The number of imide groups is 1. The molecule has 0 aromatic heterocycles. The van der Waals surface area contributed by atoms with Crippen LogP contribution in [0.4, 0.5) is 16.2 Å². The van der Waals surface area contributed by atoms with Crippen LogP contribution in [0.3, 0.4) is 0 Å². The average molecular weight is 441 g/mol. The van der Waals surface area contributed by atoms with E-state index < -0.39 is 18.0 Å². The summed E-state index contributed by atoms with van der Waals surface area (Å²) in [4.78, 5) is 41.3. The number of amides is 4. The van der Waals surface area contributed by atoms with Crippen LogP contribution in [0.15, 0.2) is 48.5 Å². The van der Waals surface area contributed by atoms with Gasteiger partial charge in [0.15, 0.2) is 0 Å². The molecule has 3 rings (SSSR count). The number of ether oxygens (including phenoxy) is 3. The Bertz CT molecular complexity index is 945. The number of rotatable bonds is 10. The zero-order valence-electron chi connectivity index (χ0n) is 18.4. The maximum absolute atomic E-state index is 13.1. The molecule has 1 N–H and O–H groups in total. The Morgan fingerprint density at radius 2 is 1.66 bits per heavy atom. The summed E-state index contributed by atoms with van der Waals surface area (Å²) in [6.45, 7) is 2.87. The molecule has 0 aliphatic carbocycles. The molecule has 0 radical (unpaired) electrons. The summed E-state index contributed by atoms with van der Waals surface area (Å²) in [5, 5.41) is 2.77. The molecule has 4 amide bonds. The fourth-order valence-corrected chi connectivity index (χ4v) is 3.43. The zero-order chi connectivity index (χ0) is 23.1. The highest BCUT2D eigenvalue weighted by atomic mass is 16.5. The number of hydrogen-bond donors (Lipinski definition) is 1. The highest BCUT2D eigenvalue weighted by molar-refractivity contribution is 6.22. The SMILES string of the molecule is CCOc1ccc(NC(=O)C[C@H]2C(=O)N(c3ccc(OC)cc3)C(=O)N2CCOC)cc1. The van der Waals surface area contributed by atoms with E-state index in [0.29, 0.717) is 29.5 Å². The van der Waals surface area contributed by atoms with E-state index >= 15 is 0 Å². The van der Waals surface area contributed by atoms with Gasteiger partial charge < -0.3 is 24.4 Å². The summed E-state index contributed by atoms with van der Waals surface area (Å²) < 4.78 is 15.6. The number of urea groups is 1. The summed E-state index contributed by atoms with van der Waals surface area (Å²) in [6, 6.07) is 12.1. The van der Waals surface area contributed by atoms with E-state index in [0.717, 1.165) is 4.90 Å². The first-order valence-electron chi connectivity index (χ1n) is 10.3. The zero-order valence-corrected chi connectivity index (χ0v) is 18.4. The first kappa shape index (κ1) is 23.1. The minimum atomic E-state index is -0.928. The molecule has 0 saturated carbocycles. The van der Waals surface area contributed by atoms with Gasteiger partial charge in [-0.15, -0.1) is 0 Å². The van der Waals surface area contributed by atoms with Crippen LogP contribution in [0.25, 0.3) is 0 Å². The number of anilines is 2. The van der Waals surface area contributed by atoms with E-state index in [1.54, 1.807) is 48.5 Å². The molecular formula is C23H27N3O6. The van der Waals surface area contributed by atoms with Gasteiger partial charge in [-0.05, 0) is 55.5 Å². The van der Waals surface area contributed by atoms with Gasteiger partial charge in [-0.1, -0.05) is 0 Å². The molecule has 1 aliphatic heterocycles. The highest BCUT2D eigenvalue weighted by Gasteiger charge is 2.46. The topological polar surface area (TPSA) is 97.4 Å². The molecule has 1 atom stereocenters. The van der Waals surface area contributed by atoms with E-state index in [2.05, 4.69) is 5.32 Å². The first-order valence-corrected chi connectivity index (χ1v) is 10.3. The van der Waals surface area contributed by atoms with Crippen molar-refractivity contribution in [2.45, 2.75) is 19.4 Å². The Hall–Kier alpha value is -3.59. The molecule has 2 aromatic rings. The number of carbonyl (C=O) groups excluding carboxylic acids is 3. The van der Waals surface area contributed by atoms with Crippen molar-refractivity contribution >= 4 is 29.2 Å². The molecular weight excluding hydrogens is 414 g/mol. The molecule has 32 heavy (non-hydrogen) atoms. The molecule has 2 aromatic carbocycles. The lowest BCUT2D eigenvalue weighted by molar-refractivity contribution is -0.124. The summed E-state index contributed by atoms with van der Waals surface area (Å²) >= 11 is 0. The third-order valence-electron chi connectivity index (χ3n) is 5.01. The molecule has 0 unspecified atom stereocenters. The van der Waals surface area contributed by atoms with Gasteiger partial charge in [-0.2, -0.15) is 0 Å². The van der Waals surface area contributed by atoms with Crippen molar-refractivity contribution in [3.63, 3.8) is 0 Å². The molecule has 0 bridgehead atoms. The van der Waals surface area contributed by atoms with Gasteiger partial charge in [0.1, 0.15) is 17.5 Å². The molecule has 170 valence electrons. The number of carbonyl (C=O) groups is 3. The molecule has 1 saturated heterocycles. The van der Waals surface area contributed by atoms with Gasteiger partial charge in [0, 0.05) is 19.3 Å². The standard InChI is InChI=1S/C23H27N3O6/c1-4-32-19-9-5-16(6-10-19)24-21(27)15-20-22(28)26(23(29)25(20)13-14-30-2)17-7-11-18(31-3)12-8-17/h5-12,20H,4,13-15H2,1-3H3,(H,24,27)/t20-/m0/s1. The number of nitrogens with zero attached hydrogens (tertiary/aromatic N) is 2. The predicted molar refractivity (Wildman–Crippen MR) is 119 cm³/mol. The fourth-order valence-electron chi connectivity index (χ4n) is 3.43. The van der Waals surface area contributed by atoms with E-state index in [1.807, 2.05) is 6.92 Å². The summed E-state index contributed by atoms with van der Waals surface area (Å²) in [5.41, 5.74) is 0.989. The normalized spacial score (nSPS) is 15.8. The van der Waals surface area contributed by atoms with Crippen LogP contribution >= 0.6 is 0 Å². The van der Waals surface area contributed by atoms with Gasteiger partial charge in [0.25, 0.3) is 5.91 Å². The van der Waals surface area contributed by atoms with Gasteiger partial charge in [0.05, 0.1) is 32.4 Å². The monoisotopic (exact) mass is 441 g/mol. The van der Waals surface area contributed by atoms with Gasteiger partial charge in [-0.25, -0.2) is 9.69 Å². The largest absolute Gasteiger partial charge is 0.497 e. The van der Waals surface area contributed by atoms with Crippen LogP contribution in [-0.4, -0.2) is 62.8 Å². The number of methoxy groups -OCH3 is 2. The van der Waals surface area contributed by atoms with Crippen LogP contribution in [0, 0.1) is 0 Å². The lowest BCUT2D eigenvalue weighted by atomic mass is 10.1. The Morgan fingerprint density at radius 1 is 1.00 bits per heavy atom. The van der Waals surface area contributed by atoms with Crippen LogP contribution in [0.5, 0.6) is 11.5 Å². The maximum Gasteiger partial charge on any atom is 0.332 e. The van der Waals surface area contributed by atoms with Crippen LogP contribution in [0.1, 0.15) is 13.3 Å². The predicted octanol–water partition coefficient (Wildman–Crippen LogP) is 2.91. The summed E-state index contributed by atoms with van der Waals surface area (Å²) in [6.07, 6.45) is -0.172. The molecule has 9 heteroatoms. The number of nitrogens with one attached hydrogen (secondary N) is 1. The average Bonchev–Trinajstić information content (AvgIpc) is 3.02. The smallest absolute Gasteiger partial charge is 0.332 e. The molecule has 1 heterocycles. The summed E-state index contributed by atoms with van der Waals surface area (Å²) in [7, 11) is 3.05. The van der Waals surface area contributed by atoms with Crippen molar-refractivity contribution in [3.8, 4) is 11.5 Å². The third kappa shape index (κ3) is 5.17. The lowest BCUT2D eigenvalue weighted by Crippen LogP contribution is -2.39. The quantitative estimate of drug-likeness (QED) is 0.570. The van der Waals surface area contributed by atoms with Crippen LogP contribution in [-0.2, 0) is 14.3 Å². The van der Waals surface area contributed by atoms with Crippen molar-refractivity contribution in [2.75, 3.05) is 44.2 Å². The fraction of sp³-hybridized carbons (Fsp3) is 0.348. The van der Waals surface area contributed by atoms with E-state index in [4.69, 9.17) is 14.2 Å². The molecule has 0 spiro atoms. The van der Waals surface area contributed by atoms with E-state index in [-0.39, 0.29) is 25.5 Å². The number of hydrogen-bond acceptors (Lipinski definition) is 6. The Labute approximate surface area is 186 Å². The van der Waals surface area contributed by atoms with E-state index in [9.17, 15) is 14.4 Å². The van der Waals surface area contributed by atoms with Crippen molar-refractivity contribution in [1.82, 2.24) is 4.90 Å². The Morgan fingerprint density at radius 3 is 2.25 bits per heavy atom. The minimum absolute atomic E-state index is 0.172. The highest BCUT2D eigenvalue weighted by Crippen LogP contribution is 2.28. The van der Waals surface area contributed by atoms with Gasteiger partial charge >= 0.3 is 6.03 Å². The molecule has 1 fully saturated rings.